The van der Waals surface area contributed by atoms with E-state index < -0.39 is 18.0 Å². The number of nitrogens with zero attached hydrogens (tertiary/aromatic N) is 1. The summed E-state index contributed by atoms with van der Waals surface area (Å²) in [5.74, 6) is -0.614. The molecule has 2 heterocycles. The first-order chi connectivity index (χ1) is 12.6. The second-order valence-corrected chi connectivity index (χ2v) is 5.92. The molecule has 1 aliphatic heterocycles. The summed E-state index contributed by atoms with van der Waals surface area (Å²) < 4.78 is 11.1. The molecule has 0 bridgehead atoms. The fourth-order valence-corrected chi connectivity index (χ4v) is 3.28. The third kappa shape index (κ3) is 2.34. The zero-order valence-electron chi connectivity index (χ0n) is 13.6. The van der Waals surface area contributed by atoms with Gasteiger partial charge < -0.3 is 20.0 Å². The number of nitriles is 1. The molecule has 0 amide bonds. The summed E-state index contributed by atoms with van der Waals surface area (Å²) >= 11 is 0. The highest BCUT2D eigenvalue weighted by Gasteiger charge is 2.35. The summed E-state index contributed by atoms with van der Waals surface area (Å²) in [6.07, 6.45) is 0. The maximum atomic E-state index is 12.4. The normalized spacial score (nSPS) is 16.1. The van der Waals surface area contributed by atoms with Gasteiger partial charge in [0, 0.05) is 6.07 Å². The second-order valence-electron chi connectivity index (χ2n) is 5.92. The van der Waals surface area contributed by atoms with Crippen LogP contribution in [0.3, 0.4) is 0 Å². The molecule has 0 saturated carbocycles. The Morgan fingerprint density at radius 2 is 1.96 bits per heavy atom. The van der Waals surface area contributed by atoms with Crippen molar-refractivity contribution in [3.8, 4) is 11.8 Å². The number of nitrogens with two attached hydrogens (primary N) is 1. The Morgan fingerprint density at radius 3 is 2.73 bits per heavy atom. The molecule has 0 unspecified atom stereocenters. The van der Waals surface area contributed by atoms with Crippen molar-refractivity contribution in [2.24, 2.45) is 5.73 Å². The van der Waals surface area contributed by atoms with Crippen LogP contribution in [0.15, 0.2) is 69.2 Å². The van der Waals surface area contributed by atoms with Crippen LogP contribution in [0, 0.1) is 11.3 Å². The van der Waals surface area contributed by atoms with E-state index in [9.17, 15) is 15.2 Å². The number of hydrogen-bond acceptors (Lipinski definition) is 6. The summed E-state index contributed by atoms with van der Waals surface area (Å²) in [6, 6.07) is 16.6. The minimum Gasteiger partial charge on any atom is -0.458 e. The fraction of sp³-hybridized carbons (Fsp3) is 0.100. The number of aliphatic hydroxyl groups excluding tert-OH is 1. The van der Waals surface area contributed by atoms with Crippen LogP contribution in [0.5, 0.6) is 5.75 Å². The van der Waals surface area contributed by atoms with E-state index in [-0.39, 0.29) is 28.7 Å². The van der Waals surface area contributed by atoms with Gasteiger partial charge in [0.25, 0.3) is 0 Å². The van der Waals surface area contributed by atoms with Gasteiger partial charge in [0.05, 0.1) is 5.92 Å². The minimum atomic E-state index is -0.700. The summed E-state index contributed by atoms with van der Waals surface area (Å²) in [6.45, 7) is -0.439. The first-order valence-corrected chi connectivity index (χ1v) is 7.97. The van der Waals surface area contributed by atoms with E-state index >= 15 is 0 Å². The smallest absolute Gasteiger partial charge is 0.228 e. The minimum absolute atomic E-state index is 0.0587. The van der Waals surface area contributed by atoms with Crippen LogP contribution in [0.2, 0.25) is 0 Å². The van der Waals surface area contributed by atoms with Crippen molar-refractivity contribution in [2.75, 3.05) is 0 Å². The maximum absolute atomic E-state index is 12.4. The lowest BCUT2D eigenvalue weighted by Gasteiger charge is -2.25. The number of fused-ring (bicyclic) bond motifs is 2. The number of hydrogen-bond donors (Lipinski definition) is 2. The molecular formula is C20H14N2O4. The molecule has 1 atom stereocenters. The van der Waals surface area contributed by atoms with E-state index in [0.29, 0.717) is 0 Å². The molecule has 6 heteroatoms. The third-order valence-electron chi connectivity index (χ3n) is 4.42. The number of benzene rings is 2. The topological polar surface area (TPSA) is 109 Å². The predicted octanol–water partition coefficient (Wildman–Crippen LogP) is 2.50. The molecule has 0 spiro atoms. The Labute approximate surface area is 148 Å². The Kier molecular flexibility index (Phi) is 3.72. The molecule has 26 heavy (non-hydrogen) atoms. The highest BCUT2D eigenvalue weighted by Crippen LogP contribution is 2.43. The van der Waals surface area contributed by atoms with Crippen molar-refractivity contribution < 1.29 is 14.3 Å². The molecule has 3 N–H and O–H groups in total. The monoisotopic (exact) mass is 346 g/mol. The van der Waals surface area contributed by atoms with Crippen LogP contribution >= 0.6 is 0 Å². The number of aliphatic hydroxyl groups is 1. The van der Waals surface area contributed by atoms with E-state index in [1.54, 1.807) is 0 Å². The number of ether oxygens (including phenoxy) is 1. The van der Waals surface area contributed by atoms with Crippen molar-refractivity contribution in [3.05, 3.63) is 87.3 Å². The van der Waals surface area contributed by atoms with Crippen molar-refractivity contribution >= 4 is 10.8 Å². The molecule has 4 rings (SSSR count). The molecule has 128 valence electrons. The maximum Gasteiger partial charge on any atom is 0.228 e. The van der Waals surface area contributed by atoms with Crippen LogP contribution < -0.4 is 15.9 Å². The van der Waals surface area contributed by atoms with Gasteiger partial charge in [-0.05, 0) is 16.3 Å². The van der Waals surface area contributed by atoms with Gasteiger partial charge in [-0.3, -0.25) is 4.79 Å². The van der Waals surface area contributed by atoms with Crippen molar-refractivity contribution in [1.29, 1.82) is 5.26 Å². The highest BCUT2D eigenvalue weighted by molar-refractivity contribution is 5.87. The van der Waals surface area contributed by atoms with E-state index in [1.807, 2.05) is 42.5 Å². The summed E-state index contributed by atoms with van der Waals surface area (Å²) in [5.41, 5.74) is 6.39. The lowest BCUT2D eigenvalue weighted by atomic mass is 9.84. The fourth-order valence-electron chi connectivity index (χ4n) is 3.28. The molecule has 1 aromatic heterocycles. The third-order valence-corrected chi connectivity index (χ3v) is 4.42. The zero-order chi connectivity index (χ0) is 18.3. The SMILES string of the molecule is N#CC1=C(N)Oc2c(oc(CO)cc2=O)[C@@H]1c1cccc2ccccc12. The van der Waals surface area contributed by atoms with Crippen LogP contribution in [-0.4, -0.2) is 5.11 Å². The molecule has 3 aromatic rings. The van der Waals surface area contributed by atoms with Crippen LogP contribution in [-0.2, 0) is 6.61 Å². The van der Waals surface area contributed by atoms with E-state index in [4.69, 9.17) is 14.9 Å². The first kappa shape index (κ1) is 15.9. The van der Waals surface area contributed by atoms with Crippen LogP contribution in [0.25, 0.3) is 10.8 Å². The Morgan fingerprint density at radius 1 is 1.19 bits per heavy atom. The van der Waals surface area contributed by atoms with E-state index in [2.05, 4.69) is 6.07 Å². The molecule has 0 fully saturated rings. The average molecular weight is 346 g/mol. The lowest BCUT2D eigenvalue weighted by molar-refractivity contribution is 0.231. The van der Waals surface area contributed by atoms with Gasteiger partial charge in [0.15, 0.2) is 5.76 Å². The summed E-state index contributed by atoms with van der Waals surface area (Å²) in [5, 5.41) is 20.9. The molecule has 0 saturated heterocycles. The van der Waals surface area contributed by atoms with Gasteiger partial charge >= 0.3 is 0 Å². The number of rotatable bonds is 2. The van der Waals surface area contributed by atoms with Gasteiger partial charge in [-0.1, -0.05) is 42.5 Å². The number of allylic oxidation sites excluding steroid dienone is 1. The standard InChI is InChI=1S/C20H14N2O4/c21-9-15-17(14-7-3-5-11-4-1-2-6-13(11)14)19-18(26-20(15)22)16(24)8-12(10-23)25-19/h1-8,17,23H,10,22H2/t17-/m1/s1. The van der Waals surface area contributed by atoms with E-state index in [0.717, 1.165) is 22.4 Å². The van der Waals surface area contributed by atoms with Gasteiger partial charge in [0.2, 0.25) is 17.1 Å². The first-order valence-electron chi connectivity index (χ1n) is 7.97. The van der Waals surface area contributed by atoms with Crippen LogP contribution in [0.1, 0.15) is 23.0 Å². The van der Waals surface area contributed by atoms with Crippen molar-refractivity contribution in [1.82, 2.24) is 0 Å². The Bertz CT molecular complexity index is 1150. The average Bonchev–Trinajstić information content (AvgIpc) is 2.67. The lowest BCUT2D eigenvalue weighted by Crippen LogP contribution is -2.25. The van der Waals surface area contributed by atoms with Crippen molar-refractivity contribution in [2.45, 2.75) is 12.5 Å². The van der Waals surface area contributed by atoms with Gasteiger partial charge in [-0.15, -0.1) is 0 Å². The van der Waals surface area contributed by atoms with E-state index in [1.165, 1.54) is 0 Å². The molecule has 0 radical (unpaired) electrons. The predicted molar refractivity (Wildman–Crippen MR) is 94.1 cm³/mol. The Balaban J connectivity index is 2.08. The largest absolute Gasteiger partial charge is 0.458 e. The molecule has 1 aliphatic rings. The second kappa shape index (κ2) is 6.06. The highest BCUT2D eigenvalue weighted by atomic mass is 16.5. The van der Waals surface area contributed by atoms with Gasteiger partial charge in [-0.25, -0.2) is 0 Å². The molecular weight excluding hydrogens is 332 g/mol. The molecule has 2 aromatic carbocycles. The molecule has 6 nitrogen and oxygen atoms in total. The summed E-state index contributed by atoms with van der Waals surface area (Å²) in [4.78, 5) is 12.4. The van der Waals surface area contributed by atoms with Gasteiger partial charge in [0.1, 0.15) is 24.0 Å². The molecule has 0 aliphatic carbocycles. The zero-order valence-corrected chi connectivity index (χ0v) is 13.6. The Hall–Kier alpha value is -3.56. The summed E-state index contributed by atoms with van der Waals surface area (Å²) in [7, 11) is 0. The van der Waals surface area contributed by atoms with Gasteiger partial charge in [-0.2, -0.15) is 5.26 Å². The quantitative estimate of drug-likeness (QED) is 0.738. The van der Waals surface area contributed by atoms with Crippen LogP contribution in [0.4, 0.5) is 0 Å². The van der Waals surface area contributed by atoms with Crippen molar-refractivity contribution in [3.63, 3.8) is 0 Å².